The van der Waals surface area contributed by atoms with Crippen LogP contribution in [0.4, 0.5) is 0 Å². The summed E-state index contributed by atoms with van der Waals surface area (Å²) in [7, 11) is -3.37. The summed E-state index contributed by atoms with van der Waals surface area (Å²) in [6.45, 7) is 4.17. The molecule has 0 aliphatic carbocycles. The van der Waals surface area contributed by atoms with E-state index in [-0.39, 0.29) is 22.4 Å². The second kappa shape index (κ2) is 10.8. The standard InChI is InChI=1S/C24H23BrN4O4S3/c1-14(2)17-10-5-6-11-18(17)29-21(19(25)20(28-29)24(30)33-13-34-3)23-27-26-22(35-23)15-8-7-9-16(12-15)36(4,31)32/h5-12,14H,13H2,1-4H3. The molecule has 0 atom stereocenters. The van der Waals surface area contributed by atoms with Crippen LogP contribution in [0.1, 0.15) is 35.8 Å². The molecule has 0 unspecified atom stereocenters. The van der Waals surface area contributed by atoms with Gasteiger partial charge in [0.05, 0.1) is 15.1 Å². The van der Waals surface area contributed by atoms with E-state index in [1.807, 2.05) is 30.5 Å². The van der Waals surface area contributed by atoms with Gasteiger partial charge in [-0.2, -0.15) is 5.10 Å². The number of hydrogen-bond acceptors (Lipinski definition) is 9. The van der Waals surface area contributed by atoms with Crippen molar-refractivity contribution < 1.29 is 17.9 Å². The predicted octanol–water partition coefficient (Wildman–Crippen LogP) is 5.82. The molecule has 8 nitrogen and oxygen atoms in total. The number of halogens is 1. The van der Waals surface area contributed by atoms with Crippen molar-refractivity contribution in [3.05, 3.63) is 64.3 Å². The lowest BCUT2D eigenvalue weighted by Gasteiger charge is -2.14. The number of hydrogen-bond donors (Lipinski definition) is 0. The Morgan fingerprint density at radius 1 is 1.14 bits per heavy atom. The molecule has 2 heterocycles. The van der Waals surface area contributed by atoms with Crippen molar-refractivity contribution >= 4 is 54.8 Å². The van der Waals surface area contributed by atoms with Gasteiger partial charge >= 0.3 is 5.97 Å². The smallest absolute Gasteiger partial charge is 0.360 e. The molecule has 36 heavy (non-hydrogen) atoms. The van der Waals surface area contributed by atoms with Gasteiger partial charge in [0.1, 0.15) is 16.6 Å². The molecule has 0 saturated carbocycles. The first kappa shape index (κ1) is 26.5. The molecule has 12 heteroatoms. The minimum atomic E-state index is -3.37. The number of ether oxygens (including phenoxy) is 1. The van der Waals surface area contributed by atoms with Crippen LogP contribution in [-0.4, -0.2) is 52.8 Å². The fraction of sp³-hybridized carbons (Fsp3) is 0.250. The van der Waals surface area contributed by atoms with Crippen LogP contribution in [0.2, 0.25) is 0 Å². The summed E-state index contributed by atoms with van der Waals surface area (Å²) < 4.78 is 31.5. The zero-order valence-corrected chi connectivity index (χ0v) is 24.0. The third kappa shape index (κ3) is 5.41. The Labute approximate surface area is 226 Å². The summed E-state index contributed by atoms with van der Waals surface area (Å²) in [6.07, 6.45) is 3.00. The molecule has 4 rings (SSSR count). The zero-order valence-electron chi connectivity index (χ0n) is 19.9. The first-order valence-electron chi connectivity index (χ1n) is 10.8. The maximum absolute atomic E-state index is 12.8. The molecule has 188 valence electrons. The van der Waals surface area contributed by atoms with E-state index in [1.165, 1.54) is 23.1 Å². The number of aromatic nitrogens is 4. The highest BCUT2D eigenvalue weighted by molar-refractivity contribution is 9.10. The van der Waals surface area contributed by atoms with Crippen molar-refractivity contribution in [1.29, 1.82) is 0 Å². The second-order valence-electron chi connectivity index (χ2n) is 8.19. The lowest BCUT2D eigenvalue weighted by atomic mass is 10.0. The molecule has 2 aromatic carbocycles. The quantitative estimate of drug-likeness (QED) is 0.182. The summed E-state index contributed by atoms with van der Waals surface area (Å²) in [5.41, 5.74) is 3.17. The van der Waals surface area contributed by atoms with E-state index in [4.69, 9.17) is 4.74 Å². The Kier molecular flexibility index (Phi) is 7.98. The van der Waals surface area contributed by atoms with Crippen molar-refractivity contribution in [2.24, 2.45) is 0 Å². The number of esters is 1. The van der Waals surface area contributed by atoms with E-state index in [0.29, 0.717) is 25.7 Å². The van der Waals surface area contributed by atoms with Crippen molar-refractivity contribution in [2.45, 2.75) is 24.7 Å². The molecule has 2 aromatic heterocycles. The molecule has 0 amide bonds. The molecule has 0 aliphatic rings. The summed E-state index contributed by atoms with van der Waals surface area (Å²) in [5.74, 6) is -0.146. The Hall–Kier alpha value is -2.54. The Bertz CT molecular complexity index is 1530. The molecule has 0 bridgehead atoms. The average Bonchev–Trinajstić information content (AvgIpc) is 3.46. The molecular formula is C24H23BrN4O4S3. The van der Waals surface area contributed by atoms with Crippen LogP contribution in [0.5, 0.6) is 0 Å². The van der Waals surface area contributed by atoms with Gasteiger partial charge in [0.2, 0.25) is 0 Å². The number of thioether (sulfide) groups is 1. The van der Waals surface area contributed by atoms with E-state index in [1.54, 1.807) is 28.9 Å². The van der Waals surface area contributed by atoms with E-state index in [2.05, 4.69) is 45.1 Å². The minimum absolute atomic E-state index is 0.133. The summed E-state index contributed by atoms with van der Waals surface area (Å²) >= 11 is 6.22. The third-order valence-electron chi connectivity index (χ3n) is 5.25. The molecule has 0 aliphatic heterocycles. The Balaban J connectivity index is 1.88. The average molecular weight is 608 g/mol. The van der Waals surface area contributed by atoms with E-state index in [0.717, 1.165) is 17.5 Å². The maximum atomic E-state index is 12.8. The van der Waals surface area contributed by atoms with Crippen LogP contribution in [0, 0.1) is 0 Å². The van der Waals surface area contributed by atoms with Gasteiger partial charge in [-0.25, -0.2) is 17.9 Å². The molecule has 4 aromatic rings. The van der Waals surface area contributed by atoms with E-state index < -0.39 is 15.8 Å². The fourth-order valence-corrected chi connectivity index (χ4v) is 6.03. The predicted molar refractivity (Wildman–Crippen MR) is 147 cm³/mol. The summed E-state index contributed by atoms with van der Waals surface area (Å²) in [4.78, 5) is 13.0. The minimum Gasteiger partial charge on any atom is -0.450 e. The second-order valence-corrected chi connectivity index (χ2v) is 12.8. The van der Waals surface area contributed by atoms with Crippen LogP contribution >= 0.6 is 39.0 Å². The van der Waals surface area contributed by atoms with Crippen LogP contribution in [0.25, 0.3) is 27.0 Å². The topological polar surface area (TPSA) is 104 Å². The number of para-hydroxylation sites is 1. The summed E-state index contributed by atoms with van der Waals surface area (Å²) in [6, 6.07) is 14.4. The lowest BCUT2D eigenvalue weighted by Crippen LogP contribution is -2.08. The van der Waals surface area contributed by atoms with Crippen molar-refractivity contribution in [3.8, 4) is 27.0 Å². The number of rotatable bonds is 8. The van der Waals surface area contributed by atoms with E-state index in [9.17, 15) is 13.2 Å². The molecule has 0 spiro atoms. The van der Waals surface area contributed by atoms with Gasteiger partial charge < -0.3 is 4.74 Å². The Morgan fingerprint density at radius 2 is 1.86 bits per heavy atom. The number of sulfone groups is 1. The molecule has 0 saturated heterocycles. The Morgan fingerprint density at radius 3 is 2.56 bits per heavy atom. The zero-order chi connectivity index (χ0) is 26.0. The SMILES string of the molecule is CSCOC(=O)c1nn(-c2ccccc2C(C)C)c(-c2nnc(-c3cccc(S(C)(=O)=O)c3)s2)c1Br. The van der Waals surface area contributed by atoms with Gasteiger partial charge in [-0.3, -0.25) is 0 Å². The van der Waals surface area contributed by atoms with Gasteiger partial charge in [0.15, 0.2) is 20.5 Å². The van der Waals surface area contributed by atoms with Gasteiger partial charge in [-0.1, -0.05) is 55.5 Å². The highest BCUT2D eigenvalue weighted by atomic mass is 79.9. The van der Waals surface area contributed by atoms with Crippen LogP contribution in [-0.2, 0) is 14.6 Å². The lowest BCUT2D eigenvalue weighted by molar-refractivity contribution is 0.0571. The van der Waals surface area contributed by atoms with Gasteiger partial charge in [0.25, 0.3) is 0 Å². The van der Waals surface area contributed by atoms with Gasteiger partial charge in [-0.05, 0) is 51.9 Å². The van der Waals surface area contributed by atoms with E-state index >= 15 is 0 Å². The van der Waals surface area contributed by atoms with Crippen molar-refractivity contribution in [2.75, 3.05) is 18.5 Å². The number of benzene rings is 2. The first-order valence-corrected chi connectivity index (χ1v) is 15.7. The third-order valence-corrected chi connectivity index (χ3v) is 8.45. The van der Waals surface area contributed by atoms with Crippen molar-refractivity contribution in [1.82, 2.24) is 20.0 Å². The number of carbonyl (C=O) groups excluding carboxylic acids is 1. The molecular weight excluding hydrogens is 584 g/mol. The van der Waals surface area contributed by atoms with Crippen LogP contribution in [0.3, 0.4) is 0 Å². The molecule has 0 radical (unpaired) electrons. The largest absolute Gasteiger partial charge is 0.450 e. The monoisotopic (exact) mass is 606 g/mol. The molecule has 0 fully saturated rings. The highest BCUT2D eigenvalue weighted by Crippen LogP contribution is 2.39. The number of nitrogens with zero attached hydrogens (tertiary/aromatic N) is 4. The summed E-state index contributed by atoms with van der Waals surface area (Å²) in [5, 5.41) is 14.4. The maximum Gasteiger partial charge on any atom is 0.360 e. The van der Waals surface area contributed by atoms with Gasteiger partial charge in [0, 0.05) is 11.8 Å². The highest BCUT2D eigenvalue weighted by Gasteiger charge is 2.28. The van der Waals surface area contributed by atoms with Crippen molar-refractivity contribution in [3.63, 3.8) is 0 Å². The fourth-order valence-electron chi connectivity index (χ4n) is 3.53. The van der Waals surface area contributed by atoms with Crippen LogP contribution in [0.15, 0.2) is 57.9 Å². The van der Waals surface area contributed by atoms with Crippen LogP contribution < -0.4 is 0 Å². The molecule has 0 N–H and O–H groups in total. The first-order chi connectivity index (χ1) is 17.1. The normalized spacial score (nSPS) is 11.7. The van der Waals surface area contributed by atoms with Gasteiger partial charge in [-0.15, -0.1) is 22.0 Å². The number of carbonyl (C=O) groups is 1.